The Morgan fingerprint density at radius 1 is 0.689 bits per heavy atom. The van der Waals surface area contributed by atoms with E-state index in [0.717, 1.165) is 16.7 Å². The molecule has 0 spiro atoms. The van der Waals surface area contributed by atoms with Crippen molar-refractivity contribution >= 4 is 23.9 Å². The maximum absolute atomic E-state index is 13.5. The summed E-state index contributed by atoms with van der Waals surface area (Å²) in [6, 6.07) is 26.3. The van der Waals surface area contributed by atoms with Crippen molar-refractivity contribution in [1.82, 2.24) is 16.0 Å². The second-order valence-electron chi connectivity index (χ2n) is 10.3. The Labute approximate surface area is 261 Å². The summed E-state index contributed by atoms with van der Waals surface area (Å²) in [4.78, 5) is 50.7. The van der Waals surface area contributed by atoms with Crippen LogP contribution in [0.4, 0.5) is 4.79 Å². The van der Waals surface area contributed by atoms with Crippen LogP contribution in [0, 0.1) is 5.92 Å². The molecule has 0 unspecified atom stereocenters. The molecule has 1 saturated carbocycles. The molecule has 0 saturated heterocycles. The molecular weight excluding hydrogens is 582 g/mol. The van der Waals surface area contributed by atoms with Gasteiger partial charge in [0.1, 0.15) is 38.0 Å². The maximum atomic E-state index is 13.5. The Kier molecular flexibility index (Phi) is 12.4. The standard InChI is InChI=1S/C33H37N3O9/c1-42-26(38)18-34-32(40)27-28(36-25(37)17-35-33(41)45-21-24-15-9-4-10-16-24)31(44-20-23-13-7-3-8-14-23)29(39)30(27)43-19-22-11-5-2-6-12-22/h2-16,27-31,39H,17-21H2,1H3,(H,34,40)(H,35,41)(H,36,37)/t27-,28-,29-,30+,31+/m0/s1. The Bertz CT molecular complexity index is 1390. The molecule has 0 radical (unpaired) electrons. The third-order valence-corrected chi connectivity index (χ3v) is 7.21. The molecule has 3 amide bonds. The summed E-state index contributed by atoms with van der Waals surface area (Å²) in [5.41, 5.74) is 2.38. The van der Waals surface area contributed by atoms with Gasteiger partial charge in [0.15, 0.2) is 0 Å². The normalized spacial score (nSPS) is 20.5. The molecule has 4 N–H and O–H groups in total. The molecule has 1 aliphatic rings. The molecule has 0 aliphatic heterocycles. The summed E-state index contributed by atoms with van der Waals surface area (Å²) in [7, 11) is 1.19. The van der Waals surface area contributed by atoms with Crippen molar-refractivity contribution in [1.29, 1.82) is 0 Å². The van der Waals surface area contributed by atoms with E-state index in [0.29, 0.717) is 0 Å². The van der Waals surface area contributed by atoms with E-state index in [1.54, 1.807) is 12.1 Å². The fraction of sp³-hybridized carbons (Fsp3) is 0.333. The van der Waals surface area contributed by atoms with Gasteiger partial charge in [-0.2, -0.15) is 0 Å². The number of esters is 1. The topological polar surface area (TPSA) is 162 Å². The molecular formula is C33H37N3O9. The number of aliphatic hydroxyl groups excluding tert-OH is 1. The van der Waals surface area contributed by atoms with Crippen LogP contribution in [0.2, 0.25) is 0 Å². The predicted octanol–water partition coefficient (Wildman–Crippen LogP) is 1.85. The van der Waals surface area contributed by atoms with E-state index in [2.05, 4.69) is 20.7 Å². The fourth-order valence-electron chi connectivity index (χ4n) is 4.96. The number of hydrogen-bond acceptors (Lipinski definition) is 9. The fourth-order valence-corrected chi connectivity index (χ4v) is 4.96. The molecule has 0 aromatic heterocycles. The van der Waals surface area contributed by atoms with Gasteiger partial charge in [0.05, 0.1) is 32.3 Å². The minimum absolute atomic E-state index is 0.0153. The number of rotatable bonds is 14. The molecule has 1 aliphatic carbocycles. The summed E-state index contributed by atoms with van der Waals surface area (Å²) >= 11 is 0. The first-order valence-electron chi connectivity index (χ1n) is 14.4. The SMILES string of the molecule is COC(=O)CNC(=O)[C@H]1[C@H](NC(=O)CNC(=O)OCc2ccccc2)[C@@H](OCc2ccccc2)[C@@H](O)[C@@H]1OCc1ccccc1. The van der Waals surface area contributed by atoms with Crippen molar-refractivity contribution in [3.05, 3.63) is 108 Å². The minimum atomic E-state index is -1.35. The molecule has 1 fully saturated rings. The lowest BCUT2D eigenvalue weighted by molar-refractivity contribution is -0.143. The van der Waals surface area contributed by atoms with Gasteiger partial charge in [-0.3, -0.25) is 14.4 Å². The van der Waals surface area contributed by atoms with Crippen molar-refractivity contribution in [2.24, 2.45) is 5.92 Å². The van der Waals surface area contributed by atoms with Gasteiger partial charge in [-0.1, -0.05) is 91.0 Å². The van der Waals surface area contributed by atoms with Crippen LogP contribution in [0.25, 0.3) is 0 Å². The van der Waals surface area contributed by atoms with Crippen LogP contribution in [0.15, 0.2) is 91.0 Å². The molecule has 3 aromatic carbocycles. The molecule has 4 rings (SSSR count). The van der Waals surface area contributed by atoms with Crippen LogP contribution >= 0.6 is 0 Å². The summed E-state index contributed by atoms with van der Waals surface area (Å²) in [5, 5.41) is 19.1. The zero-order chi connectivity index (χ0) is 32.0. The second kappa shape index (κ2) is 16.9. The van der Waals surface area contributed by atoms with Crippen molar-refractivity contribution in [2.45, 2.75) is 44.2 Å². The van der Waals surface area contributed by atoms with Crippen LogP contribution < -0.4 is 16.0 Å². The Balaban J connectivity index is 1.50. The van der Waals surface area contributed by atoms with E-state index in [-0.39, 0.29) is 19.8 Å². The van der Waals surface area contributed by atoms with Gasteiger partial charge in [-0.15, -0.1) is 0 Å². The van der Waals surface area contributed by atoms with E-state index in [1.807, 2.05) is 78.9 Å². The van der Waals surface area contributed by atoms with Gasteiger partial charge >= 0.3 is 12.1 Å². The highest BCUT2D eigenvalue weighted by atomic mass is 16.5. The number of carbonyl (C=O) groups excluding carboxylic acids is 4. The zero-order valence-electron chi connectivity index (χ0n) is 24.8. The predicted molar refractivity (Wildman–Crippen MR) is 161 cm³/mol. The van der Waals surface area contributed by atoms with E-state index < -0.39 is 67.2 Å². The number of amides is 3. The molecule has 3 aromatic rings. The van der Waals surface area contributed by atoms with E-state index in [4.69, 9.17) is 14.2 Å². The highest BCUT2D eigenvalue weighted by Gasteiger charge is 2.55. The van der Waals surface area contributed by atoms with Crippen LogP contribution in [0.5, 0.6) is 0 Å². The number of ether oxygens (including phenoxy) is 4. The largest absolute Gasteiger partial charge is 0.468 e. The van der Waals surface area contributed by atoms with Crippen molar-refractivity contribution < 1.29 is 43.2 Å². The van der Waals surface area contributed by atoms with Crippen molar-refractivity contribution in [3.63, 3.8) is 0 Å². The number of hydrogen-bond donors (Lipinski definition) is 4. The molecule has 238 valence electrons. The van der Waals surface area contributed by atoms with Crippen molar-refractivity contribution in [2.75, 3.05) is 20.2 Å². The number of benzene rings is 3. The second-order valence-corrected chi connectivity index (χ2v) is 10.3. The van der Waals surface area contributed by atoms with Crippen LogP contribution in [0.3, 0.4) is 0 Å². The first-order chi connectivity index (χ1) is 21.9. The van der Waals surface area contributed by atoms with Gasteiger partial charge < -0.3 is 40.0 Å². The summed E-state index contributed by atoms with van der Waals surface area (Å²) in [5.74, 6) is -3.18. The molecule has 12 heteroatoms. The highest BCUT2D eigenvalue weighted by molar-refractivity contribution is 5.87. The zero-order valence-corrected chi connectivity index (χ0v) is 24.8. The van der Waals surface area contributed by atoms with Crippen LogP contribution in [-0.4, -0.2) is 73.5 Å². The molecule has 45 heavy (non-hydrogen) atoms. The quantitative estimate of drug-likeness (QED) is 0.197. The number of aliphatic hydroxyl groups is 1. The molecule has 0 heterocycles. The highest BCUT2D eigenvalue weighted by Crippen LogP contribution is 2.34. The summed E-state index contributed by atoms with van der Waals surface area (Å²) < 4.78 is 22.0. The lowest BCUT2D eigenvalue weighted by Crippen LogP contribution is -2.53. The van der Waals surface area contributed by atoms with Gasteiger partial charge in [-0.05, 0) is 16.7 Å². The van der Waals surface area contributed by atoms with Gasteiger partial charge in [-0.25, -0.2) is 4.79 Å². The Hall–Kier alpha value is -4.78. The molecule has 5 atom stereocenters. The van der Waals surface area contributed by atoms with Crippen LogP contribution in [0.1, 0.15) is 16.7 Å². The number of alkyl carbamates (subject to hydrolysis) is 1. The monoisotopic (exact) mass is 619 g/mol. The first-order valence-corrected chi connectivity index (χ1v) is 14.4. The van der Waals surface area contributed by atoms with Gasteiger partial charge in [0, 0.05) is 0 Å². The molecule has 12 nitrogen and oxygen atoms in total. The summed E-state index contributed by atoms with van der Waals surface area (Å²) in [6.07, 6.45) is -4.37. The maximum Gasteiger partial charge on any atom is 0.407 e. The van der Waals surface area contributed by atoms with E-state index in [1.165, 1.54) is 7.11 Å². The van der Waals surface area contributed by atoms with Gasteiger partial charge in [0.25, 0.3) is 0 Å². The summed E-state index contributed by atoms with van der Waals surface area (Å²) in [6.45, 7) is -0.761. The van der Waals surface area contributed by atoms with Gasteiger partial charge in [0.2, 0.25) is 11.8 Å². The lowest BCUT2D eigenvalue weighted by atomic mass is 9.99. The van der Waals surface area contributed by atoms with E-state index in [9.17, 15) is 24.3 Å². The van der Waals surface area contributed by atoms with E-state index >= 15 is 0 Å². The average molecular weight is 620 g/mol. The van der Waals surface area contributed by atoms with Crippen molar-refractivity contribution in [3.8, 4) is 0 Å². The lowest BCUT2D eigenvalue weighted by Gasteiger charge is -2.26. The van der Waals surface area contributed by atoms with Crippen LogP contribution in [-0.2, 0) is 53.2 Å². The Morgan fingerprint density at radius 3 is 1.73 bits per heavy atom. The smallest absolute Gasteiger partial charge is 0.407 e. The number of carbonyl (C=O) groups is 4. The first kappa shape index (κ1) is 33.1. The third kappa shape index (κ3) is 9.86. The Morgan fingerprint density at radius 2 is 1.20 bits per heavy atom. The average Bonchev–Trinajstić information content (AvgIpc) is 3.33. The number of methoxy groups -OCH3 is 1. The minimum Gasteiger partial charge on any atom is -0.468 e. The third-order valence-electron chi connectivity index (χ3n) is 7.21. The molecule has 0 bridgehead atoms. The number of nitrogens with one attached hydrogen (secondary N) is 3.